The van der Waals surface area contributed by atoms with Gasteiger partial charge in [-0.15, -0.1) is 11.3 Å². The summed E-state index contributed by atoms with van der Waals surface area (Å²) in [6.45, 7) is 5.02. The van der Waals surface area contributed by atoms with Gasteiger partial charge in [0.25, 0.3) is 11.5 Å². The fourth-order valence-electron chi connectivity index (χ4n) is 3.81. The van der Waals surface area contributed by atoms with Crippen molar-refractivity contribution in [1.29, 1.82) is 0 Å². The van der Waals surface area contributed by atoms with Crippen LogP contribution in [0.5, 0.6) is 11.6 Å². The lowest BCUT2D eigenvalue weighted by atomic mass is 10.1. The highest BCUT2D eigenvalue weighted by Gasteiger charge is 2.28. The van der Waals surface area contributed by atoms with Crippen molar-refractivity contribution < 1.29 is 19.0 Å². The van der Waals surface area contributed by atoms with Crippen molar-refractivity contribution in [3.05, 3.63) is 62.9 Å². The molecule has 0 atom stereocenters. The van der Waals surface area contributed by atoms with Crippen LogP contribution in [0.15, 0.2) is 35.4 Å². The van der Waals surface area contributed by atoms with Crippen LogP contribution in [0.4, 0.5) is 4.39 Å². The van der Waals surface area contributed by atoms with Gasteiger partial charge in [-0.3, -0.25) is 9.59 Å². The largest absolute Gasteiger partial charge is 0.437 e. The molecular weight excluding hydrogens is 471 g/mol. The van der Waals surface area contributed by atoms with Crippen LogP contribution in [-0.2, 0) is 12.6 Å². The Kier molecular flexibility index (Phi) is 5.52. The molecule has 0 saturated heterocycles. The van der Waals surface area contributed by atoms with E-state index in [1.165, 1.54) is 22.0 Å². The highest BCUT2D eigenvalue weighted by Crippen LogP contribution is 2.45. The van der Waals surface area contributed by atoms with Gasteiger partial charge < -0.3 is 24.7 Å². The predicted molar refractivity (Wildman–Crippen MR) is 132 cm³/mol. The first kappa shape index (κ1) is 23.3. The number of thiophene rings is 1. The lowest BCUT2D eigenvalue weighted by Gasteiger charge is -2.13. The van der Waals surface area contributed by atoms with E-state index in [-0.39, 0.29) is 23.4 Å². The molecule has 1 saturated carbocycles. The highest BCUT2D eigenvalue weighted by atomic mass is 32.1. The molecule has 4 aromatic rings. The van der Waals surface area contributed by atoms with E-state index in [1.54, 1.807) is 46.1 Å². The molecule has 5 rings (SSSR count). The van der Waals surface area contributed by atoms with E-state index in [4.69, 9.17) is 4.74 Å². The summed E-state index contributed by atoms with van der Waals surface area (Å²) in [5, 5.41) is 14.2. The maximum Gasteiger partial charge on any atom is 0.274 e. The van der Waals surface area contributed by atoms with Crippen LogP contribution < -0.4 is 15.6 Å². The van der Waals surface area contributed by atoms with E-state index >= 15 is 0 Å². The number of carbonyl (C=O) groups excluding carboxylic acids is 1. The first-order valence-electron chi connectivity index (χ1n) is 11.2. The zero-order valence-electron chi connectivity index (χ0n) is 19.7. The third-order valence-corrected chi connectivity index (χ3v) is 7.33. The molecule has 10 heteroatoms. The van der Waals surface area contributed by atoms with Crippen molar-refractivity contribution >= 4 is 28.1 Å². The molecule has 1 aliphatic carbocycles. The van der Waals surface area contributed by atoms with Gasteiger partial charge >= 0.3 is 0 Å². The Balaban J connectivity index is 1.68. The first-order chi connectivity index (χ1) is 16.5. The summed E-state index contributed by atoms with van der Waals surface area (Å²) in [7, 11) is 1.63. The van der Waals surface area contributed by atoms with Gasteiger partial charge in [-0.05, 0) is 51.8 Å². The highest BCUT2D eigenvalue weighted by molar-refractivity contribution is 7.16. The molecule has 4 heterocycles. The minimum Gasteiger partial charge on any atom is -0.437 e. The van der Waals surface area contributed by atoms with Crippen LogP contribution in [-0.4, -0.2) is 31.6 Å². The number of nitrogens with zero attached hydrogens (tertiary/aromatic N) is 2. The van der Waals surface area contributed by atoms with E-state index in [0.717, 1.165) is 19.0 Å². The second-order valence-electron chi connectivity index (χ2n) is 9.42. The molecule has 4 aromatic heterocycles. The summed E-state index contributed by atoms with van der Waals surface area (Å²) in [5.41, 5.74) is 0.337. The predicted octanol–water partition coefficient (Wildman–Crippen LogP) is 4.35. The van der Waals surface area contributed by atoms with Crippen molar-refractivity contribution in [2.75, 3.05) is 0 Å². The number of aryl methyl sites for hydroxylation is 2. The van der Waals surface area contributed by atoms with Crippen LogP contribution in [0, 0.1) is 12.7 Å². The number of pyridine rings is 2. The summed E-state index contributed by atoms with van der Waals surface area (Å²) in [6, 6.07) is 4.88. The fourth-order valence-corrected chi connectivity index (χ4v) is 4.92. The Morgan fingerprint density at radius 1 is 1.34 bits per heavy atom. The number of hydrogen-bond acceptors (Lipinski definition) is 6. The number of nitrogens with one attached hydrogen (secondary N) is 2. The number of halogens is 1. The minimum absolute atomic E-state index is 0.175. The Morgan fingerprint density at radius 3 is 2.74 bits per heavy atom. The molecular formula is C25H25FN4O4S. The van der Waals surface area contributed by atoms with Crippen LogP contribution >= 0.6 is 11.3 Å². The molecule has 0 aliphatic heterocycles. The number of aliphatic hydroxyl groups is 1. The number of aromatic nitrogens is 3. The lowest BCUT2D eigenvalue weighted by molar-refractivity contribution is 0.0824. The van der Waals surface area contributed by atoms with Gasteiger partial charge in [0.15, 0.2) is 0 Å². The van der Waals surface area contributed by atoms with E-state index in [0.29, 0.717) is 43.2 Å². The minimum atomic E-state index is -1.15. The molecule has 0 radical (unpaired) electrons. The van der Waals surface area contributed by atoms with E-state index < -0.39 is 11.4 Å². The summed E-state index contributed by atoms with van der Waals surface area (Å²) in [6.07, 6.45) is 4.66. The molecule has 1 aliphatic rings. The van der Waals surface area contributed by atoms with E-state index in [9.17, 15) is 19.1 Å². The fraction of sp³-hybridized carbons (Fsp3) is 0.320. The molecule has 1 fully saturated rings. The molecule has 0 spiro atoms. The van der Waals surface area contributed by atoms with Crippen molar-refractivity contribution in [3.8, 4) is 22.1 Å². The average Bonchev–Trinajstić information content (AvgIpc) is 3.31. The van der Waals surface area contributed by atoms with Gasteiger partial charge in [0.1, 0.15) is 22.8 Å². The second kappa shape index (κ2) is 8.31. The third-order valence-electron chi connectivity index (χ3n) is 5.87. The molecule has 1 amide bonds. The number of hydrogen-bond donors (Lipinski definition) is 3. The number of carbonyl (C=O) groups is 1. The van der Waals surface area contributed by atoms with Crippen molar-refractivity contribution in [3.63, 3.8) is 0 Å². The summed E-state index contributed by atoms with van der Waals surface area (Å²) >= 11 is 1.31. The number of fused-ring (bicyclic) bond motifs is 1. The summed E-state index contributed by atoms with van der Waals surface area (Å²) in [4.78, 5) is 33.9. The maximum atomic E-state index is 13.6. The van der Waals surface area contributed by atoms with Crippen LogP contribution in [0.25, 0.3) is 21.3 Å². The molecule has 0 aromatic carbocycles. The van der Waals surface area contributed by atoms with Gasteiger partial charge in [-0.25, -0.2) is 9.37 Å². The SMILES string of the molecule is Cc1cc(F)cnc1Oc1cc(C(C)(C)O)sc1-c1cn(C)c(=O)c2[nH]c(C(=O)NC3CC3)cc12. The van der Waals surface area contributed by atoms with Gasteiger partial charge in [0.05, 0.1) is 16.7 Å². The Labute approximate surface area is 204 Å². The molecule has 182 valence electrons. The Bertz CT molecular complexity index is 1520. The van der Waals surface area contributed by atoms with Gasteiger partial charge in [-0.2, -0.15) is 0 Å². The normalized spacial score (nSPS) is 13.9. The third kappa shape index (κ3) is 4.46. The topological polar surface area (TPSA) is 109 Å². The quantitative estimate of drug-likeness (QED) is 0.368. The molecule has 0 bridgehead atoms. The number of ether oxygens (including phenoxy) is 1. The Morgan fingerprint density at radius 2 is 2.09 bits per heavy atom. The standard InChI is InChI=1S/C25H25FN4O4S/c1-12-7-13(26)10-27-23(12)34-18-9-19(25(2,3)33)35-21(18)16-11-30(4)24(32)20-15(16)8-17(29-20)22(31)28-14-5-6-14/h7-11,14,29,33H,5-6H2,1-4H3,(H,28,31). The van der Waals surface area contributed by atoms with Crippen LogP contribution in [0.3, 0.4) is 0 Å². The van der Waals surface area contributed by atoms with Gasteiger partial charge in [-0.1, -0.05) is 0 Å². The Hall–Kier alpha value is -3.50. The zero-order valence-corrected chi connectivity index (χ0v) is 20.5. The number of aromatic amines is 1. The summed E-state index contributed by atoms with van der Waals surface area (Å²) < 4.78 is 21.1. The molecule has 0 unspecified atom stereocenters. The smallest absolute Gasteiger partial charge is 0.274 e. The van der Waals surface area contributed by atoms with E-state index in [2.05, 4.69) is 15.3 Å². The summed E-state index contributed by atoms with van der Waals surface area (Å²) in [5.74, 6) is -0.101. The maximum absolute atomic E-state index is 13.6. The number of amides is 1. The zero-order chi connectivity index (χ0) is 25.1. The van der Waals surface area contributed by atoms with Crippen molar-refractivity contribution in [1.82, 2.24) is 19.9 Å². The molecule has 3 N–H and O–H groups in total. The molecule has 8 nitrogen and oxygen atoms in total. The van der Waals surface area contributed by atoms with Gasteiger partial charge in [0, 0.05) is 40.7 Å². The second-order valence-corrected chi connectivity index (χ2v) is 10.5. The van der Waals surface area contributed by atoms with Crippen molar-refractivity contribution in [2.24, 2.45) is 7.05 Å². The van der Waals surface area contributed by atoms with E-state index in [1.807, 2.05) is 0 Å². The monoisotopic (exact) mass is 496 g/mol. The van der Waals surface area contributed by atoms with Crippen molar-refractivity contribution in [2.45, 2.75) is 45.3 Å². The van der Waals surface area contributed by atoms with Crippen LogP contribution in [0.1, 0.15) is 47.6 Å². The molecule has 35 heavy (non-hydrogen) atoms. The van der Waals surface area contributed by atoms with Crippen LogP contribution in [0.2, 0.25) is 0 Å². The first-order valence-corrected chi connectivity index (χ1v) is 12.0. The number of rotatable bonds is 6. The van der Waals surface area contributed by atoms with Gasteiger partial charge in [0.2, 0.25) is 5.88 Å². The average molecular weight is 497 g/mol. The number of H-pyrrole nitrogens is 1. The lowest BCUT2D eigenvalue weighted by Crippen LogP contribution is -2.25.